The maximum atomic E-state index is 6.03. The van der Waals surface area contributed by atoms with Gasteiger partial charge in [-0.25, -0.2) is 0 Å². The Morgan fingerprint density at radius 3 is 3.14 bits per heavy atom. The van der Waals surface area contributed by atoms with Gasteiger partial charge in [-0.2, -0.15) is 0 Å². The number of hydrogen-bond donors (Lipinski definition) is 1. The number of fused-ring (bicyclic) bond motifs is 1. The lowest BCUT2D eigenvalue weighted by molar-refractivity contribution is 0.284. The first-order valence-corrected chi connectivity index (χ1v) is 5.28. The van der Waals surface area contributed by atoms with Gasteiger partial charge in [-0.15, -0.1) is 0 Å². The van der Waals surface area contributed by atoms with Crippen LogP contribution >= 0.6 is 11.6 Å². The Labute approximate surface area is 89.2 Å². The normalized spacial score (nSPS) is 14.7. The third kappa shape index (κ3) is 1.86. The van der Waals surface area contributed by atoms with Crippen LogP contribution in [0, 0.1) is 0 Å². The number of benzene rings is 1. The molecule has 1 aliphatic heterocycles. The summed E-state index contributed by atoms with van der Waals surface area (Å²) in [6.07, 6.45) is 2.17. The highest BCUT2D eigenvalue weighted by Crippen LogP contribution is 2.32. The van der Waals surface area contributed by atoms with E-state index in [1.165, 1.54) is 5.56 Å². The maximum Gasteiger partial charge on any atom is 0.127 e. The van der Waals surface area contributed by atoms with Crippen LogP contribution in [-0.4, -0.2) is 13.7 Å². The van der Waals surface area contributed by atoms with Gasteiger partial charge >= 0.3 is 0 Å². The predicted octanol–water partition coefficient (Wildman–Crippen LogP) is 2.38. The van der Waals surface area contributed by atoms with Crippen molar-refractivity contribution in [3.63, 3.8) is 0 Å². The molecule has 0 saturated carbocycles. The summed E-state index contributed by atoms with van der Waals surface area (Å²) in [5.74, 6) is 1.04. The molecule has 0 aromatic heterocycles. The van der Waals surface area contributed by atoms with Gasteiger partial charge in [0.25, 0.3) is 0 Å². The maximum absolute atomic E-state index is 6.03. The number of ether oxygens (including phenoxy) is 1. The van der Waals surface area contributed by atoms with Crippen LogP contribution in [0.3, 0.4) is 0 Å². The van der Waals surface area contributed by atoms with Crippen molar-refractivity contribution in [3.8, 4) is 5.75 Å². The second-order valence-electron chi connectivity index (χ2n) is 3.54. The molecule has 76 valence electrons. The minimum atomic E-state index is 0.805. The number of rotatable bonds is 2. The fourth-order valence-corrected chi connectivity index (χ4v) is 2.10. The number of nitrogens with one attached hydrogen (secondary N) is 1. The highest BCUT2D eigenvalue weighted by molar-refractivity contribution is 6.30. The zero-order chi connectivity index (χ0) is 9.97. The topological polar surface area (TPSA) is 21.3 Å². The lowest BCUT2D eigenvalue weighted by Crippen LogP contribution is -2.13. The molecule has 14 heavy (non-hydrogen) atoms. The molecule has 1 aromatic rings. The van der Waals surface area contributed by atoms with E-state index >= 15 is 0 Å². The fraction of sp³-hybridized carbons (Fsp3) is 0.455. The van der Waals surface area contributed by atoms with Crippen LogP contribution in [0.2, 0.25) is 5.02 Å². The molecular formula is C11H14ClNO. The minimum absolute atomic E-state index is 0.805. The summed E-state index contributed by atoms with van der Waals surface area (Å²) in [5.41, 5.74) is 2.41. The zero-order valence-electron chi connectivity index (χ0n) is 8.27. The lowest BCUT2D eigenvalue weighted by atomic mass is 10.0. The van der Waals surface area contributed by atoms with E-state index in [0.717, 1.165) is 42.3 Å². The Hall–Kier alpha value is -0.730. The fourth-order valence-electron chi connectivity index (χ4n) is 1.84. The first-order valence-electron chi connectivity index (χ1n) is 4.90. The highest BCUT2D eigenvalue weighted by Gasteiger charge is 2.15. The quantitative estimate of drug-likeness (QED) is 0.811. The van der Waals surface area contributed by atoms with Crippen molar-refractivity contribution in [2.24, 2.45) is 0 Å². The second kappa shape index (κ2) is 4.20. The first-order chi connectivity index (χ1) is 6.81. The summed E-state index contributed by atoms with van der Waals surface area (Å²) in [7, 11) is 1.93. The van der Waals surface area contributed by atoms with Gasteiger partial charge in [0, 0.05) is 17.1 Å². The molecule has 0 unspecified atom stereocenters. The Morgan fingerprint density at radius 2 is 2.36 bits per heavy atom. The second-order valence-corrected chi connectivity index (χ2v) is 3.97. The predicted molar refractivity (Wildman–Crippen MR) is 58.0 cm³/mol. The van der Waals surface area contributed by atoms with Crippen LogP contribution in [-0.2, 0) is 13.0 Å². The average Bonchev–Trinajstić information content (AvgIpc) is 2.18. The first kappa shape index (κ1) is 9.81. The van der Waals surface area contributed by atoms with Crippen molar-refractivity contribution in [1.82, 2.24) is 5.32 Å². The molecule has 0 atom stereocenters. The third-order valence-corrected chi connectivity index (χ3v) is 2.63. The van der Waals surface area contributed by atoms with E-state index < -0.39 is 0 Å². The van der Waals surface area contributed by atoms with E-state index in [0.29, 0.717) is 0 Å². The standard InChI is InChI=1S/C11H14ClNO/c1-13-7-9-6-10(12)5-8-3-2-4-14-11(8)9/h5-6,13H,2-4,7H2,1H3. The van der Waals surface area contributed by atoms with E-state index in [4.69, 9.17) is 16.3 Å². The van der Waals surface area contributed by atoms with Crippen molar-refractivity contribution < 1.29 is 4.74 Å². The molecule has 0 radical (unpaired) electrons. The van der Waals surface area contributed by atoms with Crippen LogP contribution in [0.15, 0.2) is 12.1 Å². The van der Waals surface area contributed by atoms with Gasteiger partial charge in [-0.1, -0.05) is 11.6 Å². The summed E-state index contributed by atoms with van der Waals surface area (Å²) in [5, 5.41) is 3.93. The van der Waals surface area contributed by atoms with Crippen molar-refractivity contribution in [3.05, 3.63) is 28.3 Å². The SMILES string of the molecule is CNCc1cc(Cl)cc2c1OCCC2. The molecule has 3 heteroatoms. The van der Waals surface area contributed by atoms with E-state index in [9.17, 15) is 0 Å². The number of aryl methyl sites for hydroxylation is 1. The molecule has 1 N–H and O–H groups in total. The molecule has 0 spiro atoms. The van der Waals surface area contributed by atoms with Crippen LogP contribution in [0.4, 0.5) is 0 Å². The van der Waals surface area contributed by atoms with Crippen LogP contribution < -0.4 is 10.1 Å². The van der Waals surface area contributed by atoms with Crippen LogP contribution in [0.5, 0.6) is 5.75 Å². The molecule has 1 aromatic carbocycles. The summed E-state index contributed by atoms with van der Waals surface area (Å²) in [6, 6.07) is 3.98. The zero-order valence-corrected chi connectivity index (χ0v) is 9.03. The molecule has 0 bridgehead atoms. The molecule has 1 aliphatic rings. The van der Waals surface area contributed by atoms with Crippen molar-refractivity contribution in [1.29, 1.82) is 0 Å². The van der Waals surface area contributed by atoms with E-state index in [-0.39, 0.29) is 0 Å². The molecule has 0 aliphatic carbocycles. The summed E-state index contributed by atoms with van der Waals surface area (Å²) in [6.45, 7) is 1.63. The monoisotopic (exact) mass is 211 g/mol. The molecule has 0 amide bonds. The van der Waals surface area contributed by atoms with Gasteiger partial charge in [0.1, 0.15) is 5.75 Å². The van der Waals surface area contributed by atoms with Gasteiger partial charge in [0.2, 0.25) is 0 Å². The molecule has 1 heterocycles. The van der Waals surface area contributed by atoms with Gasteiger partial charge in [-0.05, 0) is 37.6 Å². The molecule has 0 saturated heterocycles. The largest absolute Gasteiger partial charge is 0.493 e. The Morgan fingerprint density at radius 1 is 1.50 bits per heavy atom. The average molecular weight is 212 g/mol. The van der Waals surface area contributed by atoms with Crippen molar-refractivity contribution in [2.45, 2.75) is 19.4 Å². The molecule has 0 fully saturated rings. The smallest absolute Gasteiger partial charge is 0.127 e. The van der Waals surface area contributed by atoms with Crippen molar-refractivity contribution >= 4 is 11.6 Å². The number of hydrogen-bond acceptors (Lipinski definition) is 2. The van der Waals surface area contributed by atoms with Gasteiger partial charge in [0.05, 0.1) is 6.61 Å². The minimum Gasteiger partial charge on any atom is -0.493 e. The van der Waals surface area contributed by atoms with E-state index in [1.54, 1.807) is 0 Å². The lowest BCUT2D eigenvalue weighted by Gasteiger charge is -2.20. The highest BCUT2D eigenvalue weighted by atomic mass is 35.5. The Kier molecular flexibility index (Phi) is 2.94. The molecule has 2 nitrogen and oxygen atoms in total. The third-order valence-electron chi connectivity index (χ3n) is 2.41. The van der Waals surface area contributed by atoms with Crippen LogP contribution in [0.25, 0.3) is 0 Å². The summed E-state index contributed by atoms with van der Waals surface area (Å²) < 4.78 is 5.66. The van der Waals surface area contributed by atoms with Gasteiger partial charge in [-0.3, -0.25) is 0 Å². The molecular weight excluding hydrogens is 198 g/mol. The Balaban J connectivity index is 2.41. The van der Waals surface area contributed by atoms with Gasteiger partial charge < -0.3 is 10.1 Å². The summed E-state index contributed by atoms with van der Waals surface area (Å²) in [4.78, 5) is 0. The summed E-state index contributed by atoms with van der Waals surface area (Å²) >= 11 is 6.03. The van der Waals surface area contributed by atoms with Gasteiger partial charge in [0.15, 0.2) is 0 Å². The van der Waals surface area contributed by atoms with Crippen molar-refractivity contribution in [2.75, 3.05) is 13.7 Å². The Bertz CT molecular complexity index is 338. The molecule has 2 rings (SSSR count). The van der Waals surface area contributed by atoms with E-state index in [1.807, 2.05) is 19.2 Å². The van der Waals surface area contributed by atoms with Crippen LogP contribution in [0.1, 0.15) is 17.5 Å². The van der Waals surface area contributed by atoms with E-state index in [2.05, 4.69) is 5.32 Å². The number of halogens is 1.